The molecule has 1 fully saturated rings. The zero-order valence-electron chi connectivity index (χ0n) is 13.2. The molecular weight excluding hydrogens is 264 g/mol. The van der Waals surface area contributed by atoms with Crippen LogP contribution in [0.25, 0.3) is 0 Å². The van der Waals surface area contributed by atoms with E-state index in [1.807, 2.05) is 12.1 Å². The van der Waals surface area contributed by atoms with Crippen LogP contribution in [0.1, 0.15) is 57.6 Å². The van der Waals surface area contributed by atoms with Gasteiger partial charge in [0.15, 0.2) is 0 Å². The van der Waals surface area contributed by atoms with Gasteiger partial charge >= 0.3 is 0 Å². The molecule has 1 saturated carbocycles. The fraction of sp³-hybridized carbons (Fsp3) is 0.667. The second-order valence-corrected chi connectivity index (χ2v) is 7.52. The Labute approximate surface area is 126 Å². The van der Waals surface area contributed by atoms with Crippen molar-refractivity contribution in [3.8, 4) is 5.75 Å². The summed E-state index contributed by atoms with van der Waals surface area (Å²) >= 11 is 0. The Morgan fingerprint density at radius 2 is 1.90 bits per heavy atom. The van der Waals surface area contributed by atoms with E-state index in [9.17, 15) is 15.3 Å². The number of fused-ring (bicyclic) bond motifs is 3. The van der Waals surface area contributed by atoms with Gasteiger partial charge < -0.3 is 15.3 Å². The molecule has 3 nitrogen and oxygen atoms in total. The molecule has 3 heteroatoms. The van der Waals surface area contributed by atoms with Gasteiger partial charge in [-0.05, 0) is 75.1 Å². The molecule has 0 amide bonds. The highest BCUT2D eigenvalue weighted by atomic mass is 16.4. The van der Waals surface area contributed by atoms with Crippen molar-refractivity contribution in [1.82, 2.24) is 0 Å². The van der Waals surface area contributed by atoms with Crippen molar-refractivity contribution in [2.45, 2.75) is 69.5 Å². The van der Waals surface area contributed by atoms with Crippen molar-refractivity contribution in [3.63, 3.8) is 0 Å². The third kappa shape index (κ3) is 2.01. The highest BCUT2D eigenvalue weighted by Crippen LogP contribution is 2.57. The molecule has 0 spiro atoms. The van der Waals surface area contributed by atoms with Gasteiger partial charge in [-0.3, -0.25) is 0 Å². The molecule has 0 heterocycles. The Kier molecular flexibility index (Phi) is 3.16. The fourth-order valence-corrected chi connectivity index (χ4v) is 4.74. The van der Waals surface area contributed by atoms with E-state index in [-0.39, 0.29) is 5.41 Å². The number of hydrogen-bond acceptors (Lipinski definition) is 3. The Morgan fingerprint density at radius 1 is 1.19 bits per heavy atom. The number of aromatic hydroxyl groups is 1. The summed E-state index contributed by atoms with van der Waals surface area (Å²) in [5.74, 6) is 0.697. The molecule has 2 aliphatic rings. The van der Waals surface area contributed by atoms with Gasteiger partial charge in [0.2, 0.25) is 0 Å². The first-order chi connectivity index (χ1) is 9.72. The first kappa shape index (κ1) is 14.9. The maximum Gasteiger partial charge on any atom is 0.115 e. The Morgan fingerprint density at radius 3 is 2.57 bits per heavy atom. The molecule has 3 N–H and O–H groups in total. The van der Waals surface area contributed by atoms with Gasteiger partial charge in [0.25, 0.3) is 0 Å². The van der Waals surface area contributed by atoms with Crippen molar-refractivity contribution < 1.29 is 15.3 Å². The van der Waals surface area contributed by atoms with Crippen LogP contribution in [0, 0.1) is 5.92 Å². The summed E-state index contributed by atoms with van der Waals surface area (Å²) in [6.07, 6.45) is 4.10. The van der Waals surface area contributed by atoms with Gasteiger partial charge in [0.1, 0.15) is 5.75 Å². The number of benzene rings is 1. The summed E-state index contributed by atoms with van der Waals surface area (Å²) in [6.45, 7) is 5.69. The number of phenols is 1. The molecule has 0 saturated heterocycles. The van der Waals surface area contributed by atoms with Gasteiger partial charge in [-0.25, -0.2) is 0 Å². The number of rotatable bonds is 1. The number of hydrogen-bond donors (Lipinski definition) is 3. The van der Waals surface area contributed by atoms with Crippen LogP contribution in [0.15, 0.2) is 18.2 Å². The van der Waals surface area contributed by atoms with Crippen LogP contribution in [0.3, 0.4) is 0 Å². The highest BCUT2D eigenvalue weighted by molar-refractivity contribution is 5.43. The number of aliphatic hydroxyl groups is 2. The van der Waals surface area contributed by atoms with Crippen molar-refractivity contribution in [3.05, 3.63) is 29.3 Å². The molecule has 116 valence electrons. The Bertz CT molecular complexity index is 562. The zero-order chi connectivity index (χ0) is 15.5. The Hall–Kier alpha value is -1.06. The monoisotopic (exact) mass is 290 g/mol. The molecule has 0 unspecified atom stereocenters. The largest absolute Gasteiger partial charge is 0.508 e. The maximum atomic E-state index is 10.8. The number of phenolic OH excluding ortho intramolecular Hbond substituents is 1. The van der Waals surface area contributed by atoms with E-state index in [1.54, 1.807) is 19.9 Å². The van der Waals surface area contributed by atoms with Crippen LogP contribution in [-0.2, 0) is 11.8 Å². The normalized spacial score (nSPS) is 42.2. The predicted molar refractivity (Wildman–Crippen MR) is 82.4 cm³/mol. The van der Waals surface area contributed by atoms with Crippen molar-refractivity contribution >= 4 is 0 Å². The van der Waals surface area contributed by atoms with Gasteiger partial charge in [-0.2, -0.15) is 0 Å². The van der Waals surface area contributed by atoms with Gasteiger partial charge in [-0.1, -0.05) is 13.0 Å². The first-order valence-corrected chi connectivity index (χ1v) is 7.99. The van der Waals surface area contributed by atoms with E-state index in [4.69, 9.17) is 0 Å². The van der Waals surface area contributed by atoms with E-state index in [0.717, 1.165) is 19.3 Å². The van der Waals surface area contributed by atoms with E-state index in [2.05, 4.69) is 6.92 Å². The van der Waals surface area contributed by atoms with E-state index in [1.165, 1.54) is 11.1 Å². The van der Waals surface area contributed by atoms with Crippen molar-refractivity contribution in [2.24, 2.45) is 5.92 Å². The molecule has 3 rings (SSSR count). The van der Waals surface area contributed by atoms with Crippen LogP contribution in [-0.4, -0.2) is 26.5 Å². The van der Waals surface area contributed by atoms with Crippen molar-refractivity contribution in [2.75, 3.05) is 0 Å². The molecule has 21 heavy (non-hydrogen) atoms. The molecule has 0 radical (unpaired) electrons. The average Bonchev–Trinajstić information content (AvgIpc) is 2.39. The van der Waals surface area contributed by atoms with Gasteiger partial charge in [0.05, 0.1) is 11.2 Å². The van der Waals surface area contributed by atoms with Crippen LogP contribution < -0.4 is 0 Å². The highest BCUT2D eigenvalue weighted by Gasteiger charge is 2.58. The SMILES string of the molecule is CC[C@@]12C[C@](C)(O)[C@@](C)(O)C[C@H]1CCc1cc(O)ccc12. The number of aryl methyl sites for hydroxylation is 1. The lowest BCUT2D eigenvalue weighted by Gasteiger charge is -2.58. The third-order valence-corrected chi connectivity index (χ3v) is 6.26. The van der Waals surface area contributed by atoms with E-state index >= 15 is 0 Å². The van der Waals surface area contributed by atoms with E-state index < -0.39 is 11.2 Å². The summed E-state index contributed by atoms with van der Waals surface area (Å²) < 4.78 is 0. The third-order valence-electron chi connectivity index (χ3n) is 6.26. The molecular formula is C18H26O3. The smallest absolute Gasteiger partial charge is 0.115 e. The molecule has 1 aromatic carbocycles. The summed E-state index contributed by atoms with van der Waals surface area (Å²) in [6, 6.07) is 5.64. The standard InChI is InChI=1S/C18H26O3/c1-4-18-11-17(3,21)16(2,20)10-13(18)6-5-12-9-14(19)7-8-15(12)18/h7-9,13,19-21H,4-6,10-11H2,1-3H3/t13-,16+,17+,18-/m1/s1. The molecule has 2 aliphatic carbocycles. The summed E-state index contributed by atoms with van der Waals surface area (Å²) in [5, 5.41) is 31.2. The summed E-state index contributed by atoms with van der Waals surface area (Å²) in [7, 11) is 0. The summed E-state index contributed by atoms with van der Waals surface area (Å²) in [5.41, 5.74) is 0.240. The molecule has 0 aromatic heterocycles. The second-order valence-electron chi connectivity index (χ2n) is 7.52. The minimum Gasteiger partial charge on any atom is -0.508 e. The van der Waals surface area contributed by atoms with Crippen LogP contribution in [0.5, 0.6) is 5.75 Å². The average molecular weight is 290 g/mol. The molecule has 0 bridgehead atoms. The van der Waals surface area contributed by atoms with Crippen LogP contribution in [0.2, 0.25) is 0 Å². The molecule has 1 aromatic rings. The lowest BCUT2D eigenvalue weighted by molar-refractivity contribution is -0.189. The predicted octanol–water partition coefficient (Wildman–Crippen LogP) is 2.90. The van der Waals surface area contributed by atoms with Crippen LogP contribution in [0.4, 0.5) is 0 Å². The van der Waals surface area contributed by atoms with E-state index in [0.29, 0.717) is 24.5 Å². The quantitative estimate of drug-likeness (QED) is 0.745. The second kappa shape index (κ2) is 4.47. The minimum absolute atomic E-state index is 0.0903. The minimum atomic E-state index is -1.09. The van der Waals surface area contributed by atoms with Crippen molar-refractivity contribution in [1.29, 1.82) is 0 Å². The maximum absolute atomic E-state index is 10.8. The first-order valence-electron chi connectivity index (χ1n) is 7.99. The fourth-order valence-electron chi connectivity index (χ4n) is 4.74. The lowest BCUT2D eigenvalue weighted by atomic mass is 9.50. The van der Waals surface area contributed by atoms with Gasteiger partial charge in [-0.15, -0.1) is 0 Å². The molecule has 0 aliphatic heterocycles. The zero-order valence-corrected chi connectivity index (χ0v) is 13.2. The topological polar surface area (TPSA) is 60.7 Å². The molecule has 4 atom stereocenters. The van der Waals surface area contributed by atoms with Gasteiger partial charge in [0, 0.05) is 5.41 Å². The Balaban J connectivity index is 2.13. The summed E-state index contributed by atoms with van der Waals surface area (Å²) in [4.78, 5) is 0. The lowest BCUT2D eigenvalue weighted by Crippen LogP contribution is -2.62. The van der Waals surface area contributed by atoms with Crippen LogP contribution >= 0.6 is 0 Å².